The van der Waals surface area contributed by atoms with Crippen molar-refractivity contribution in [2.75, 3.05) is 25.6 Å². The minimum absolute atomic E-state index is 0.0617. The van der Waals surface area contributed by atoms with Crippen LogP contribution in [0, 0.1) is 0 Å². The second kappa shape index (κ2) is 6.69. The van der Waals surface area contributed by atoms with Crippen molar-refractivity contribution in [1.29, 1.82) is 0 Å². The van der Waals surface area contributed by atoms with Crippen molar-refractivity contribution < 1.29 is 9.84 Å². The number of hydrogen-bond acceptors (Lipinski definition) is 5. The molecule has 1 aromatic heterocycles. The van der Waals surface area contributed by atoms with E-state index in [1.807, 2.05) is 0 Å². The molecule has 0 aromatic carbocycles. The minimum atomic E-state index is -0.324. The first kappa shape index (κ1) is 15.5. The average Bonchev–Trinajstić information content (AvgIpc) is 2.92. The van der Waals surface area contributed by atoms with Gasteiger partial charge in [-0.3, -0.25) is 4.79 Å². The standard InChI is InChI=1S/C13H20BrN3O3/c1-20-7-6-17-12(19)11(14)10(8-15-17)16-13(9-18)4-2-3-5-13/h8,16,18H,2-7,9H2,1H3. The second-order valence-electron chi connectivity index (χ2n) is 5.16. The molecule has 112 valence electrons. The lowest BCUT2D eigenvalue weighted by Gasteiger charge is -2.29. The first-order chi connectivity index (χ1) is 9.62. The SMILES string of the molecule is COCCn1ncc(NC2(CO)CCCC2)c(Br)c1=O. The van der Waals surface area contributed by atoms with Crippen molar-refractivity contribution >= 4 is 21.6 Å². The van der Waals surface area contributed by atoms with Crippen LogP contribution in [0.15, 0.2) is 15.5 Å². The monoisotopic (exact) mass is 345 g/mol. The summed E-state index contributed by atoms with van der Waals surface area (Å²) in [5.41, 5.74) is 0.118. The van der Waals surface area contributed by atoms with E-state index in [4.69, 9.17) is 4.74 Å². The van der Waals surface area contributed by atoms with Gasteiger partial charge < -0.3 is 15.2 Å². The molecule has 7 heteroatoms. The zero-order chi connectivity index (χ0) is 14.6. The number of anilines is 1. The molecule has 1 heterocycles. The Hall–Kier alpha value is -0.920. The summed E-state index contributed by atoms with van der Waals surface area (Å²) in [7, 11) is 1.58. The van der Waals surface area contributed by atoms with E-state index in [0.29, 0.717) is 23.3 Å². The molecule has 0 spiro atoms. The van der Waals surface area contributed by atoms with Crippen molar-refractivity contribution in [3.05, 3.63) is 21.0 Å². The molecule has 6 nitrogen and oxygen atoms in total. The summed E-state index contributed by atoms with van der Waals surface area (Å²) in [6.45, 7) is 0.915. The highest BCUT2D eigenvalue weighted by Crippen LogP contribution is 2.33. The molecule has 20 heavy (non-hydrogen) atoms. The fourth-order valence-electron chi connectivity index (χ4n) is 2.55. The van der Waals surface area contributed by atoms with Crippen LogP contribution in [0.5, 0.6) is 0 Å². The molecule has 0 saturated heterocycles. The molecular formula is C13H20BrN3O3. The molecule has 1 aromatic rings. The molecule has 1 aliphatic rings. The second-order valence-corrected chi connectivity index (χ2v) is 5.96. The van der Waals surface area contributed by atoms with Crippen molar-refractivity contribution in [3.63, 3.8) is 0 Å². The Morgan fingerprint density at radius 1 is 1.55 bits per heavy atom. The number of methoxy groups -OCH3 is 1. The van der Waals surface area contributed by atoms with E-state index in [1.54, 1.807) is 13.3 Å². The molecule has 0 bridgehead atoms. The summed E-state index contributed by atoms with van der Waals surface area (Å²) >= 11 is 3.33. The third-order valence-electron chi connectivity index (χ3n) is 3.76. The molecule has 1 saturated carbocycles. The van der Waals surface area contributed by atoms with E-state index in [9.17, 15) is 9.90 Å². The van der Waals surface area contributed by atoms with Gasteiger partial charge in [0.05, 0.1) is 37.2 Å². The van der Waals surface area contributed by atoms with Gasteiger partial charge >= 0.3 is 0 Å². The Kier molecular flexibility index (Phi) is 5.17. The van der Waals surface area contributed by atoms with Gasteiger partial charge in [0.2, 0.25) is 0 Å². The fraction of sp³-hybridized carbons (Fsp3) is 0.692. The lowest BCUT2D eigenvalue weighted by Crippen LogP contribution is -2.40. The van der Waals surface area contributed by atoms with Crippen molar-refractivity contribution in [1.82, 2.24) is 9.78 Å². The van der Waals surface area contributed by atoms with Crippen LogP contribution in [-0.2, 0) is 11.3 Å². The van der Waals surface area contributed by atoms with Gasteiger partial charge in [0.15, 0.2) is 0 Å². The summed E-state index contributed by atoms with van der Waals surface area (Å²) < 4.78 is 6.76. The van der Waals surface area contributed by atoms with Crippen LogP contribution < -0.4 is 10.9 Å². The molecular weight excluding hydrogens is 326 g/mol. The first-order valence-electron chi connectivity index (χ1n) is 6.75. The van der Waals surface area contributed by atoms with Crippen LogP contribution in [0.25, 0.3) is 0 Å². The van der Waals surface area contributed by atoms with Gasteiger partial charge in [0.1, 0.15) is 4.47 Å². The van der Waals surface area contributed by atoms with E-state index in [0.717, 1.165) is 25.7 Å². The number of nitrogens with zero attached hydrogens (tertiary/aromatic N) is 2. The predicted molar refractivity (Wildman–Crippen MR) is 80.0 cm³/mol. The maximum atomic E-state index is 12.2. The van der Waals surface area contributed by atoms with Crippen molar-refractivity contribution in [2.45, 2.75) is 37.8 Å². The molecule has 0 atom stereocenters. The smallest absolute Gasteiger partial charge is 0.283 e. The van der Waals surface area contributed by atoms with Gasteiger partial charge in [-0.2, -0.15) is 5.10 Å². The number of ether oxygens (including phenoxy) is 1. The molecule has 1 fully saturated rings. The quantitative estimate of drug-likeness (QED) is 0.814. The molecule has 2 N–H and O–H groups in total. The number of aromatic nitrogens is 2. The highest BCUT2D eigenvalue weighted by Gasteiger charge is 2.33. The Morgan fingerprint density at radius 3 is 2.85 bits per heavy atom. The first-order valence-corrected chi connectivity index (χ1v) is 7.55. The van der Waals surface area contributed by atoms with Crippen LogP contribution in [0.4, 0.5) is 5.69 Å². The number of aliphatic hydroxyl groups excluding tert-OH is 1. The van der Waals surface area contributed by atoms with Crippen molar-refractivity contribution in [2.24, 2.45) is 0 Å². The average molecular weight is 346 g/mol. The van der Waals surface area contributed by atoms with Crippen LogP contribution >= 0.6 is 15.9 Å². The van der Waals surface area contributed by atoms with E-state index in [2.05, 4.69) is 26.3 Å². The Bertz CT molecular complexity index is 512. The number of hydrogen-bond donors (Lipinski definition) is 2. The predicted octanol–water partition coefficient (Wildman–Crippen LogP) is 1.37. The van der Waals surface area contributed by atoms with E-state index in [-0.39, 0.29) is 17.7 Å². The molecule has 0 amide bonds. The van der Waals surface area contributed by atoms with Crippen LogP contribution in [0.2, 0.25) is 0 Å². The number of aliphatic hydroxyl groups is 1. The summed E-state index contributed by atoms with van der Waals surface area (Å²) in [5, 5.41) is 17.0. The summed E-state index contributed by atoms with van der Waals surface area (Å²) in [6.07, 6.45) is 5.61. The Balaban J connectivity index is 2.21. The van der Waals surface area contributed by atoms with E-state index >= 15 is 0 Å². The van der Waals surface area contributed by atoms with Crippen LogP contribution in [0.3, 0.4) is 0 Å². The van der Waals surface area contributed by atoms with Gasteiger partial charge in [-0.25, -0.2) is 4.68 Å². The summed E-state index contributed by atoms with van der Waals surface area (Å²) in [5.74, 6) is 0. The fourth-order valence-corrected chi connectivity index (χ4v) is 2.96. The van der Waals surface area contributed by atoms with Gasteiger partial charge in [-0.1, -0.05) is 12.8 Å². The third-order valence-corrected chi connectivity index (χ3v) is 4.52. The van der Waals surface area contributed by atoms with Crippen molar-refractivity contribution in [3.8, 4) is 0 Å². The topological polar surface area (TPSA) is 76.4 Å². The number of rotatable bonds is 6. The Labute approximate surface area is 126 Å². The Morgan fingerprint density at radius 2 is 2.25 bits per heavy atom. The van der Waals surface area contributed by atoms with Gasteiger partial charge in [0.25, 0.3) is 5.56 Å². The maximum Gasteiger partial charge on any atom is 0.283 e. The zero-order valence-electron chi connectivity index (χ0n) is 11.6. The molecule has 0 unspecified atom stereocenters. The largest absolute Gasteiger partial charge is 0.394 e. The molecule has 0 radical (unpaired) electrons. The van der Waals surface area contributed by atoms with E-state index < -0.39 is 0 Å². The zero-order valence-corrected chi connectivity index (χ0v) is 13.1. The lowest BCUT2D eigenvalue weighted by atomic mass is 9.99. The molecule has 1 aliphatic carbocycles. The molecule has 0 aliphatic heterocycles. The highest BCUT2D eigenvalue weighted by molar-refractivity contribution is 9.10. The minimum Gasteiger partial charge on any atom is -0.394 e. The van der Waals surface area contributed by atoms with Crippen LogP contribution in [-0.4, -0.2) is 40.7 Å². The third kappa shape index (κ3) is 3.21. The highest BCUT2D eigenvalue weighted by atomic mass is 79.9. The summed E-state index contributed by atoms with van der Waals surface area (Å²) in [6, 6.07) is 0. The van der Waals surface area contributed by atoms with E-state index in [1.165, 1.54) is 4.68 Å². The summed E-state index contributed by atoms with van der Waals surface area (Å²) in [4.78, 5) is 12.2. The van der Waals surface area contributed by atoms with Crippen LogP contribution in [0.1, 0.15) is 25.7 Å². The number of nitrogens with one attached hydrogen (secondary N) is 1. The van der Waals surface area contributed by atoms with Gasteiger partial charge in [-0.05, 0) is 28.8 Å². The van der Waals surface area contributed by atoms with Gasteiger partial charge in [0, 0.05) is 7.11 Å². The molecule has 2 rings (SSSR count). The normalized spacial score (nSPS) is 17.4. The van der Waals surface area contributed by atoms with Gasteiger partial charge in [-0.15, -0.1) is 0 Å². The lowest BCUT2D eigenvalue weighted by molar-refractivity contribution is 0.181. The maximum absolute atomic E-state index is 12.2. The number of halogens is 1.